The van der Waals surface area contributed by atoms with Crippen LogP contribution < -0.4 is 14.8 Å². The molecular formula is C17H18ClNO4. The summed E-state index contributed by atoms with van der Waals surface area (Å²) in [6.45, 7) is 1.16. The van der Waals surface area contributed by atoms with Crippen molar-refractivity contribution in [2.24, 2.45) is 0 Å². The van der Waals surface area contributed by atoms with Crippen LogP contribution in [0.5, 0.6) is 11.5 Å². The number of hydrogen-bond donors (Lipinski definition) is 2. The molecule has 6 heteroatoms. The molecule has 0 heterocycles. The van der Waals surface area contributed by atoms with Gasteiger partial charge in [0.2, 0.25) is 0 Å². The largest absolute Gasteiger partial charge is 0.493 e. The standard InChI is InChI=1S/C17H18ClNO4/c1-22-15-7-13(14(18)8-16(15)23-2)10-19-9-11-3-5-12(6-4-11)17(20)21/h3-8,19H,9-10H2,1-2H3,(H,20,21). The zero-order valence-electron chi connectivity index (χ0n) is 12.9. The molecule has 2 N–H and O–H groups in total. The van der Waals surface area contributed by atoms with E-state index in [1.165, 1.54) is 0 Å². The number of nitrogens with one attached hydrogen (secondary N) is 1. The van der Waals surface area contributed by atoms with E-state index < -0.39 is 5.97 Å². The molecule has 0 aromatic heterocycles. The molecule has 2 aromatic carbocycles. The first-order valence-electron chi connectivity index (χ1n) is 6.98. The topological polar surface area (TPSA) is 67.8 Å². The molecule has 0 aliphatic rings. The lowest BCUT2D eigenvalue weighted by molar-refractivity contribution is 0.0697. The minimum Gasteiger partial charge on any atom is -0.493 e. The summed E-state index contributed by atoms with van der Waals surface area (Å²) in [7, 11) is 3.14. The van der Waals surface area contributed by atoms with Gasteiger partial charge in [0.1, 0.15) is 0 Å². The first-order chi connectivity index (χ1) is 11.0. The fourth-order valence-corrected chi connectivity index (χ4v) is 2.36. The summed E-state index contributed by atoms with van der Waals surface area (Å²) in [4.78, 5) is 10.8. The number of rotatable bonds is 7. The van der Waals surface area contributed by atoms with Crippen molar-refractivity contribution in [3.05, 3.63) is 58.1 Å². The second-order valence-electron chi connectivity index (χ2n) is 4.90. The van der Waals surface area contributed by atoms with E-state index in [1.807, 2.05) is 6.07 Å². The van der Waals surface area contributed by atoms with Gasteiger partial charge in [-0.3, -0.25) is 0 Å². The summed E-state index contributed by atoms with van der Waals surface area (Å²) in [6.07, 6.45) is 0. The molecule has 122 valence electrons. The fraction of sp³-hybridized carbons (Fsp3) is 0.235. The fourth-order valence-electron chi connectivity index (χ4n) is 2.14. The van der Waals surface area contributed by atoms with Crippen molar-refractivity contribution >= 4 is 17.6 Å². The summed E-state index contributed by atoms with van der Waals surface area (Å²) < 4.78 is 10.5. The van der Waals surface area contributed by atoms with Crippen molar-refractivity contribution in [1.82, 2.24) is 5.32 Å². The molecule has 0 atom stereocenters. The van der Waals surface area contributed by atoms with Crippen LogP contribution in [-0.2, 0) is 13.1 Å². The van der Waals surface area contributed by atoms with Crippen LogP contribution in [0.3, 0.4) is 0 Å². The highest BCUT2D eigenvalue weighted by atomic mass is 35.5. The Morgan fingerprint density at radius 1 is 1.09 bits per heavy atom. The monoisotopic (exact) mass is 335 g/mol. The number of hydrogen-bond acceptors (Lipinski definition) is 4. The highest BCUT2D eigenvalue weighted by Crippen LogP contribution is 2.32. The van der Waals surface area contributed by atoms with Gasteiger partial charge in [-0.1, -0.05) is 23.7 Å². The van der Waals surface area contributed by atoms with Crippen molar-refractivity contribution in [1.29, 1.82) is 0 Å². The van der Waals surface area contributed by atoms with Crippen molar-refractivity contribution in [2.75, 3.05) is 14.2 Å². The molecule has 23 heavy (non-hydrogen) atoms. The number of carbonyl (C=O) groups is 1. The van der Waals surface area contributed by atoms with Gasteiger partial charge in [0.05, 0.1) is 19.8 Å². The quantitative estimate of drug-likeness (QED) is 0.812. The van der Waals surface area contributed by atoms with Crippen LogP contribution in [0.25, 0.3) is 0 Å². The highest BCUT2D eigenvalue weighted by molar-refractivity contribution is 6.31. The van der Waals surface area contributed by atoms with E-state index in [2.05, 4.69) is 5.32 Å². The predicted molar refractivity (Wildman–Crippen MR) is 88.5 cm³/mol. The van der Waals surface area contributed by atoms with Gasteiger partial charge in [-0.2, -0.15) is 0 Å². The lowest BCUT2D eigenvalue weighted by atomic mass is 10.1. The average molecular weight is 336 g/mol. The van der Waals surface area contributed by atoms with Gasteiger partial charge in [-0.25, -0.2) is 4.79 Å². The number of carboxylic acids is 1. The van der Waals surface area contributed by atoms with Gasteiger partial charge in [-0.15, -0.1) is 0 Å². The molecule has 0 radical (unpaired) electrons. The van der Waals surface area contributed by atoms with E-state index in [-0.39, 0.29) is 5.56 Å². The number of methoxy groups -OCH3 is 2. The number of halogens is 1. The summed E-state index contributed by atoms with van der Waals surface area (Å²) in [5, 5.41) is 12.7. The number of benzene rings is 2. The Labute approximate surface area is 139 Å². The zero-order valence-corrected chi connectivity index (χ0v) is 13.7. The lowest BCUT2D eigenvalue weighted by Crippen LogP contribution is -2.13. The summed E-state index contributed by atoms with van der Waals surface area (Å²) >= 11 is 6.23. The van der Waals surface area contributed by atoms with Crippen molar-refractivity contribution in [3.63, 3.8) is 0 Å². The van der Waals surface area contributed by atoms with E-state index >= 15 is 0 Å². The second-order valence-corrected chi connectivity index (χ2v) is 5.31. The molecule has 2 aromatic rings. The Kier molecular flexibility index (Phi) is 5.84. The molecule has 0 spiro atoms. The van der Waals surface area contributed by atoms with Gasteiger partial charge >= 0.3 is 5.97 Å². The molecule has 0 aliphatic carbocycles. The molecule has 5 nitrogen and oxygen atoms in total. The first kappa shape index (κ1) is 17.1. The third kappa shape index (κ3) is 4.37. The van der Waals surface area contributed by atoms with Gasteiger partial charge < -0.3 is 19.9 Å². The minimum absolute atomic E-state index is 0.275. The van der Waals surface area contributed by atoms with E-state index in [4.69, 9.17) is 26.2 Å². The predicted octanol–water partition coefficient (Wildman–Crippen LogP) is 3.35. The van der Waals surface area contributed by atoms with Crippen LogP contribution in [0.1, 0.15) is 21.5 Å². The molecule has 0 saturated carbocycles. The SMILES string of the molecule is COc1cc(Cl)c(CNCc2ccc(C(=O)O)cc2)cc1OC. The van der Waals surface area contributed by atoms with Crippen LogP contribution in [0, 0.1) is 0 Å². The molecule has 0 amide bonds. The Balaban J connectivity index is 1.99. The summed E-state index contributed by atoms with van der Waals surface area (Å²) in [5.74, 6) is 0.284. The maximum atomic E-state index is 10.8. The van der Waals surface area contributed by atoms with Crippen LogP contribution in [0.4, 0.5) is 0 Å². The Bertz CT molecular complexity index is 686. The Morgan fingerprint density at radius 3 is 2.26 bits per heavy atom. The van der Waals surface area contributed by atoms with Crippen LogP contribution >= 0.6 is 11.6 Å². The summed E-state index contributed by atoms with van der Waals surface area (Å²) in [5.41, 5.74) is 2.16. The number of ether oxygens (including phenoxy) is 2. The number of carboxylic acid groups (broad SMARTS) is 1. The molecule has 0 bridgehead atoms. The van der Waals surface area contributed by atoms with Gasteiger partial charge in [0.15, 0.2) is 11.5 Å². The Morgan fingerprint density at radius 2 is 1.70 bits per heavy atom. The smallest absolute Gasteiger partial charge is 0.335 e. The maximum Gasteiger partial charge on any atom is 0.335 e. The third-order valence-electron chi connectivity index (χ3n) is 3.40. The van der Waals surface area contributed by atoms with E-state index in [0.29, 0.717) is 29.6 Å². The third-order valence-corrected chi connectivity index (χ3v) is 3.75. The van der Waals surface area contributed by atoms with Crippen molar-refractivity contribution in [2.45, 2.75) is 13.1 Å². The Hall–Kier alpha value is -2.24. The highest BCUT2D eigenvalue weighted by Gasteiger charge is 2.09. The average Bonchev–Trinajstić information content (AvgIpc) is 2.56. The van der Waals surface area contributed by atoms with E-state index in [1.54, 1.807) is 44.6 Å². The summed E-state index contributed by atoms with van der Waals surface area (Å²) in [6, 6.07) is 10.3. The van der Waals surface area contributed by atoms with Gasteiger partial charge in [-0.05, 0) is 29.3 Å². The molecule has 0 aliphatic heterocycles. The van der Waals surface area contributed by atoms with Gasteiger partial charge in [0, 0.05) is 24.2 Å². The molecule has 0 fully saturated rings. The maximum absolute atomic E-state index is 10.8. The molecular weight excluding hydrogens is 318 g/mol. The van der Waals surface area contributed by atoms with E-state index in [9.17, 15) is 4.79 Å². The first-order valence-corrected chi connectivity index (χ1v) is 7.36. The van der Waals surface area contributed by atoms with Crippen LogP contribution in [-0.4, -0.2) is 25.3 Å². The van der Waals surface area contributed by atoms with Crippen molar-refractivity contribution < 1.29 is 19.4 Å². The van der Waals surface area contributed by atoms with Gasteiger partial charge in [0.25, 0.3) is 0 Å². The minimum atomic E-state index is -0.929. The normalized spacial score (nSPS) is 10.4. The zero-order chi connectivity index (χ0) is 16.8. The van der Waals surface area contributed by atoms with Crippen molar-refractivity contribution in [3.8, 4) is 11.5 Å². The molecule has 0 saturated heterocycles. The second kappa shape index (κ2) is 7.85. The number of aromatic carboxylic acids is 1. The lowest BCUT2D eigenvalue weighted by Gasteiger charge is -2.12. The van der Waals surface area contributed by atoms with E-state index in [0.717, 1.165) is 11.1 Å². The van der Waals surface area contributed by atoms with Crippen LogP contribution in [0.2, 0.25) is 5.02 Å². The molecule has 0 unspecified atom stereocenters. The van der Waals surface area contributed by atoms with Crippen LogP contribution in [0.15, 0.2) is 36.4 Å². The molecule has 2 rings (SSSR count).